The Kier molecular flexibility index (Phi) is 2.77. The van der Waals surface area contributed by atoms with Crippen LogP contribution in [-0.4, -0.2) is 32.8 Å². The van der Waals surface area contributed by atoms with E-state index in [9.17, 15) is 0 Å². The van der Waals surface area contributed by atoms with Crippen molar-refractivity contribution in [3.63, 3.8) is 0 Å². The third-order valence-corrected chi connectivity index (χ3v) is 4.04. The minimum Gasteiger partial charge on any atom is -0.345 e. The molecule has 102 valence electrons. The van der Waals surface area contributed by atoms with E-state index in [0.29, 0.717) is 6.04 Å². The Labute approximate surface area is 117 Å². The molecule has 3 heterocycles. The highest BCUT2D eigenvalue weighted by atomic mass is 15.3. The minimum atomic E-state index is 0.529. The fourth-order valence-corrected chi connectivity index (χ4v) is 2.87. The SMILES string of the molecule is c1nc2ccc(-c3cnn(C4CCNCC4)c3)cc2[nH]1. The quantitative estimate of drug-likeness (QED) is 0.749. The molecule has 0 bridgehead atoms. The minimum absolute atomic E-state index is 0.529. The van der Waals surface area contributed by atoms with Gasteiger partial charge in [-0.05, 0) is 43.6 Å². The Hall–Kier alpha value is -2.14. The third-order valence-electron chi connectivity index (χ3n) is 4.04. The van der Waals surface area contributed by atoms with Gasteiger partial charge in [-0.15, -0.1) is 0 Å². The van der Waals surface area contributed by atoms with Gasteiger partial charge in [0.25, 0.3) is 0 Å². The van der Waals surface area contributed by atoms with Gasteiger partial charge in [0.2, 0.25) is 0 Å². The summed E-state index contributed by atoms with van der Waals surface area (Å²) < 4.78 is 2.12. The van der Waals surface area contributed by atoms with Crippen molar-refractivity contribution in [3.8, 4) is 11.1 Å². The number of hydrogen-bond donors (Lipinski definition) is 2. The predicted molar refractivity (Wildman–Crippen MR) is 78.5 cm³/mol. The molecule has 0 saturated carbocycles. The number of piperidine rings is 1. The van der Waals surface area contributed by atoms with E-state index in [0.717, 1.165) is 37.0 Å². The summed E-state index contributed by atoms with van der Waals surface area (Å²) in [6.07, 6.45) is 8.15. The average Bonchev–Trinajstić information content (AvgIpc) is 3.16. The Balaban J connectivity index is 1.66. The van der Waals surface area contributed by atoms with Crippen LogP contribution >= 0.6 is 0 Å². The maximum absolute atomic E-state index is 4.55. The smallest absolute Gasteiger partial charge is 0.0931 e. The maximum Gasteiger partial charge on any atom is 0.0931 e. The number of imidazole rings is 1. The van der Waals surface area contributed by atoms with Crippen molar-refractivity contribution in [2.24, 2.45) is 0 Å². The Morgan fingerprint density at radius 2 is 2.05 bits per heavy atom. The van der Waals surface area contributed by atoms with Gasteiger partial charge in [0, 0.05) is 11.8 Å². The van der Waals surface area contributed by atoms with Crippen molar-refractivity contribution in [1.29, 1.82) is 0 Å². The Morgan fingerprint density at radius 1 is 1.15 bits per heavy atom. The van der Waals surface area contributed by atoms with E-state index in [1.165, 1.54) is 11.1 Å². The number of rotatable bonds is 2. The molecule has 0 atom stereocenters. The lowest BCUT2D eigenvalue weighted by Crippen LogP contribution is -2.29. The molecule has 2 aromatic heterocycles. The zero-order valence-electron chi connectivity index (χ0n) is 11.2. The summed E-state index contributed by atoms with van der Waals surface area (Å²) in [5.41, 5.74) is 4.42. The summed E-state index contributed by atoms with van der Waals surface area (Å²) in [4.78, 5) is 7.40. The molecule has 1 saturated heterocycles. The Morgan fingerprint density at radius 3 is 2.95 bits per heavy atom. The fourth-order valence-electron chi connectivity index (χ4n) is 2.87. The van der Waals surface area contributed by atoms with E-state index in [-0.39, 0.29) is 0 Å². The van der Waals surface area contributed by atoms with Crippen LogP contribution in [0.25, 0.3) is 22.2 Å². The van der Waals surface area contributed by atoms with Crippen LogP contribution in [-0.2, 0) is 0 Å². The van der Waals surface area contributed by atoms with Gasteiger partial charge in [0.05, 0.1) is 29.6 Å². The van der Waals surface area contributed by atoms with Crippen molar-refractivity contribution >= 4 is 11.0 Å². The lowest BCUT2D eigenvalue weighted by atomic mass is 10.1. The van der Waals surface area contributed by atoms with Gasteiger partial charge in [-0.3, -0.25) is 4.68 Å². The van der Waals surface area contributed by atoms with Crippen LogP contribution in [0.2, 0.25) is 0 Å². The first-order valence-electron chi connectivity index (χ1n) is 7.08. The average molecular weight is 267 g/mol. The van der Waals surface area contributed by atoms with Gasteiger partial charge < -0.3 is 10.3 Å². The highest BCUT2D eigenvalue weighted by Gasteiger charge is 2.16. The third kappa shape index (κ3) is 2.00. The summed E-state index contributed by atoms with van der Waals surface area (Å²) in [5, 5.41) is 7.93. The highest BCUT2D eigenvalue weighted by Crippen LogP contribution is 2.25. The molecule has 0 unspecified atom stereocenters. The first-order chi connectivity index (χ1) is 9.90. The van der Waals surface area contributed by atoms with Crippen molar-refractivity contribution in [1.82, 2.24) is 25.1 Å². The number of aromatic nitrogens is 4. The summed E-state index contributed by atoms with van der Waals surface area (Å²) >= 11 is 0. The molecular weight excluding hydrogens is 250 g/mol. The standard InChI is InChI=1S/C15H17N5/c1-2-14-15(18-10-17-14)7-11(1)12-8-19-20(9-12)13-3-5-16-6-4-13/h1-2,7-10,13,16H,3-6H2,(H,17,18). The second-order valence-corrected chi connectivity index (χ2v) is 5.32. The normalized spacial score (nSPS) is 16.8. The number of H-pyrrole nitrogens is 1. The summed E-state index contributed by atoms with van der Waals surface area (Å²) in [7, 11) is 0. The molecule has 4 rings (SSSR count). The van der Waals surface area contributed by atoms with E-state index < -0.39 is 0 Å². The van der Waals surface area contributed by atoms with Crippen LogP contribution in [0.5, 0.6) is 0 Å². The van der Waals surface area contributed by atoms with Crippen molar-refractivity contribution in [2.75, 3.05) is 13.1 Å². The molecule has 1 aliphatic heterocycles. The lowest BCUT2D eigenvalue weighted by Gasteiger charge is -2.22. The van der Waals surface area contributed by atoms with Gasteiger partial charge in [0.15, 0.2) is 0 Å². The first kappa shape index (κ1) is 11.7. The van der Waals surface area contributed by atoms with Gasteiger partial charge >= 0.3 is 0 Å². The lowest BCUT2D eigenvalue weighted by molar-refractivity contribution is 0.343. The maximum atomic E-state index is 4.55. The van der Waals surface area contributed by atoms with Crippen molar-refractivity contribution < 1.29 is 0 Å². The van der Waals surface area contributed by atoms with Crippen molar-refractivity contribution in [3.05, 3.63) is 36.9 Å². The molecule has 0 aliphatic carbocycles. The largest absolute Gasteiger partial charge is 0.345 e. The molecular formula is C15H17N5. The van der Waals surface area contributed by atoms with E-state index in [4.69, 9.17) is 0 Å². The fraction of sp³-hybridized carbons (Fsp3) is 0.333. The van der Waals surface area contributed by atoms with Gasteiger partial charge in [0.1, 0.15) is 0 Å². The molecule has 3 aromatic rings. The number of fused-ring (bicyclic) bond motifs is 1. The number of benzene rings is 1. The zero-order chi connectivity index (χ0) is 13.4. The highest BCUT2D eigenvalue weighted by molar-refractivity contribution is 5.81. The molecule has 1 aromatic carbocycles. The van der Waals surface area contributed by atoms with Gasteiger partial charge in [-0.1, -0.05) is 6.07 Å². The van der Waals surface area contributed by atoms with Crippen LogP contribution in [0.4, 0.5) is 0 Å². The number of nitrogens with one attached hydrogen (secondary N) is 2. The Bertz CT molecular complexity index is 721. The molecule has 1 aliphatic rings. The molecule has 1 fully saturated rings. The summed E-state index contributed by atoms with van der Waals surface area (Å²) in [5.74, 6) is 0. The van der Waals surface area contributed by atoms with Crippen LogP contribution in [0.3, 0.4) is 0 Å². The number of nitrogens with zero attached hydrogens (tertiary/aromatic N) is 3. The molecule has 0 radical (unpaired) electrons. The zero-order valence-corrected chi connectivity index (χ0v) is 11.2. The second kappa shape index (κ2) is 4.76. The van der Waals surface area contributed by atoms with Gasteiger partial charge in [-0.2, -0.15) is 5.10 Å². The molecule has 5 heteroatoms. The number of aromatic amines is 1. The summed E-state index contributed by atoms with van der Waals surface area (Å²) in [6.45, 7) is 2.17. The predicted octanol–water partition coefficient (Wildman–Crippen LogP) is 2.35. The monoisotopic (exact) mass is 267 g/mol. The molecule has 2 N–H and O–H groups in total. The molecule has 5 nitrogen and oxygen atoms in total. The molecule has 0 amide bonds. The molecule has 0 spiro atoms. The summed E-state index contributed by atoms with van der Waals surface area (Å²) in [6, 6.07) is 6.81. The van der Waals surface area contributed by atoms with Crippen LogP contribution in [0, 0.1) is 0 Å². The van der Waals surface area contributed by atoms with E-state index in [1.807, 2.05) is 12.3 Å². The van der Waals surface area contributed by atoms with Crippen LogP contribution in [0.15, 0.2) is 36.9 Å². The number of hydrogen-bond acceptors (Lipinski definition) is 3. The van der Waals surface area contributed by atoms with Gasteiger partial charge in [-0.25, -0.2) is 4.98 Å². The first-order valence-corrected chi connectivity index (χ1v) is 7.08. The van der Waals surface area contributed by atoms with Crippen LogP contribution in [0.1, 0.15) is 18.9 Å². The van der Waals surface area contributed by atoms with E-state index >= 15 is 0 Å². The topological polar surface area (TPSA) is 58.5 Å². The van der Waals surface area contributed by atoms with E-state index in [1.54, 1.807) is 6.33 Å². The second-order valence-electron chi connectivity index (χ2n) is 5.32. The van der Waals surface area contributed by atoms with Crippen molar-refractivity contribution in [2.45, 2.75) is 18.9 Å². The molecule has 20 heavy (non-hydrogen) atoms. The van der Waals surface area contributed by atoms with Crippen LogP contribution < -0.4 is 5.32 Å². The van der Waals surface area contributed by atoms with E-state index in [2.05, 4.69) is 43.4 Å².